The standard InChI is InChI=1S/C27H36BN3O5/c1-19(32)29-23(16-15-20-9-4-2-5-10-20)26(33)30-24(17-21-11-6-3-7-12-21)27(34)31-25(28(35)36)18-22-13-8-14-22/h2-7,9-12,22-25,35-36H,8,13-18H2,1H3,(H,29,32)(H,30,33)(H,31,34)/t23-,24-,25-/m0/s1. The molecule has 0 saturated heterocycles. The van der Waals surface area contributed by atoms with Gasteiger partial charge < -0.3 is 26.0 Å². The molecule has 192 valence electrons. The van der Waals surface area contributed by atoms with Crippen molar-refractivity contribution in [1.29, 1.82) is 0 Å². The third kappa shape index (κ3) is 8.80. The van der Waals surface area contributed by atoms with Crippen molar-refractivity contribution in [2.45, 2.75) is 69.9 Å². The highest BCUT2D eigenvalue weighted by Gasteiger charge is 2.33. The van der Waals surface area contributed by atoms with Gasteiger partial charge in [0.15, 0.2) is 0 Å². The van der Waals surface area contributed by atoms with Crippen molar-refractivity contribution < 1.29 is 24.4 Å². The second-order valence-electron chi connectivity index (χ2n) is 9.59. The smallest absolute Gasteiger partial charge is 0.426 e. The maximum atomic E-state index is 13.3. The van der Waals surface area contributed by atoms with Gasteiger partial charge in [-0.25, -0.2) is 0 Å². The van der Waals surface area contributed by atoms with E-state index in [0.717, 1.165) is 30.4 Å². The molecule has 5 N–H and O–H groups in total. The SMILES string of the molecule is CC(=O)N[C@@H](CCc1ccccc1)C(=O)N[C@@H](Cc1ccccc1)C(=O)N[C@@H](CC1CCC1)B(O)O. The minimum Gasteiger partial charge on any atom is -0.426 e. The van der Waals surface area contributed by atoms with E-state index in [1.165, 1.54) is 6.92 Å². The Morgan fingerprint density at radius 3 is 1.97 bits per heavy atom. The zero-order valence-electron chi connectivity index (χ0n) is 20.7. The number of rotatable bonds is 13. The summed E-state index contributed by atoms with van der Waals surface area (Å²) in [5.41, 5.74) is 1.88. The van der Waals surface area contributed by atoms with Crippen LogP contribution in [0.4, 0.5) is 0 Å². The highest BCUT2D eigenvalue weighted by Crippen LogP contribution is 2.30. The van der Waals surface area contributed by atoms with E-state index in [9.17, 15) is 24.4 Å². The van der Waals surface area contributed by atoms with E-state index in [2.05, 4.69) is 16.0 Å². The minimum atomic E-state index is -1.69. The Bertz CT molecular complexity index is 985. The van der Waals surface area contributed by atoms with Crippen molar-refractivity contribution in [1.82, 2.24) is 16.0 Å². The molecule has 0 radical (unpaired) electrons. The minimum absolute atomic E-state index is 0.224. The number of carbonyl (C=O) groups excluding carboxylic acids is 3. The molecular weight excluding hydrogens is 457 g/mol. The van der Waals surface area contributed by atoms with Gasteiger partial charge in [-0.15, -0.1) is 0 Å². The molecule has 0 heterocycles. The van der Waals surface area contributed by atoms with E-state index < -0.39 is 37.0 Å². The third-order valence-electron chi connectivity index (χ3n) is 6.67. The Hall–Kier alpha value is -3.17. The predicted molar refractivity (Wildman–Crippen MR) is 139 cm³/mol. The van der Waals surface area contributed by atoms with E-state index in [1.807, 2.05) is 60.7 Å². The van der Waals surface area contributed by atoms with Gasteiger partial charge in [0.05, 0.1) is 5.94 Å². The van der Waals surface area contributed by atoms with E-state index in [4.69, 9.17) is 0 Å². The first kappa shape index (κ1) is 27.4. The van der Waals surface area contributed by atoms with Gasteiger partial charge in [-0.1, -0.05) is 79.9 Å². The molecule has 0 bridgehead atoms. The van der Waals surface area contributed by atoms with Crippen molar-refractivity contribution in [2.24, 2.45) is 5.92 Å². The molecule has 3 atom stereocenters. The van der Waals surface area contributed by atoms with Gasteiger partial charge in [-0.3, -0.25) is 14.4 Å². The van der Waals surface area contributed by atoms with Crippen LogP contribution in [0, 0.1) is 5.92 Å². The van der Waals surface area contributed by atoms with Crippen molar-refractivity contribution in [3.8, 4) is 0 Å². The third-order valence-corrected chi connectivity index (χ3v) is 6.67. The zero-order chi connectivity index (χ0) is 25.9. The molecule has 0 aliphatic heterocycles. The lowest BCUT2D eigenvalue weighted by molar-refractivity contribution is -0.132. The molecule has 8 nitrogen and oxygen atoms in total. The molecule has 0 spiro atoms. The van der Waals surface area contributed by atoms with Crippen molar-refractivity contribution in [3.63, 3.8) is 0 Å². The lowest BCUT2D eigenvalue weighted by atomic mass is 9.69. The molecule has 1 aliphatic rings. The van der Waals surface area contributed by atoms with Gasteiger partial charge in [0, 0.05) is 13.3 Å². The average Bonchev–Trinajstić information content (AvgIpc) is 2.83. The van der Waals surface area contributed by atoms with Crippen LogP contribution in [-0.2, 0) is 27.2 Å². The van der Waals surface area contributed by atoms with Gasteiger partial charge in [0.2, 0.25) is 17.7 Å². The van der Waals surface area contributed by atoms with E-state index >= 15 is 0 Å². The van der Waals surface area contributed by atoms with Crippen LogP contribution in [0.25, 0.3) is 0 Å². The summed E-state index contributed by atoms with van der Waals surface area (Å²) in [6.45, 7) is 1.35. The molecule has 2 aromatic rings. The molecule has 1 saturated carbocycles. The molecule has 9 heteroatoms. The molecule has 0 aromatic heterocycles. The number of benzene rings is 2. The van der Waals surface area contributed by atoms with Gasteiger partial charge in [0.25, 0.3) is 0 Å². The summed E-state index contributed by atoms with van der Waals surface area (Å²) in [6, 6.07) is 17.2. The first-order valence-corrected chi connectivity index (χ1v) is 12.6. The van der Waals surface area contributed by atoms with Crippen LogP contribution in [0.15, 0.2) is 60.7 Å². The van der Waals surface area contributed by atoms with Crippen LogP contribution in [0.2, 0.25) is 0 Å². The summed E-state index contributed by atoms with van der Waals surface area (Å²) in [5, 5.41) is 27.9. The number of hydrogen-bond donors (Lipinski definition) is 5. The molecule has 1 aliphatic carbocycles. The van der Waals surface area contributed by atoms with Crippen LogP contribution >= 0.6 is 0 Å². The van der Waals surface area contributed by atoms with Gasteiger partial charge in [-0.2, -0.15) is 0 Å². The normalized spacial score (nSPS) is 15.6. The Labute approximate surface area is 213 Å². The number of nitrogens with one attached hydrogen (secondary N) is 3. The monoisotopic (exact) mass is 493 g/mol. The Kier molecular flexibility index (Phi) is 10.5. The topological polar surface area (TPSA) is 128 Å². The van der Waals surface area contributed by atoms with E-state index in [-0.39, 0.29) is 12.3 Å². The Morgan fingerprint density at radius 1 is 0.861 bits per heavy atom. The van der Waals surface area contributed by atoms with Crippen LogP contribution in [0.3, 0.4) is 0 Å². The lowest BCUT2D eigenvalue weighted by Crippen LogP contribution is -2.57. The quantitative estimate of drug-likeness (QED) is 0.271. The Balaban J connectivity index is 1.72. The van der Waals surface area contributed by atoms with Crippen LogP contribution in [-0.4, -0.2) is 52.9 Å². The molecule has 3 amide bonds. The van der Waals surface area contributed by atoms with Gasteiger partial charge in [-0.05, 0) is 36.3 Å². The van der Waals surface area contributed by atoms with E-state index in [0.29, 0.717) is 25.2 Å². The summed E-state index contributed by atoms with van der Waals surface area (Å²) in [7, 11) is -1.69. The molecule has 1 fully saturated rings. The first-order valence-electron chi connectivity index (χ1n) is 12.6. The van der Waals surface area contributed by atoms with Crippen LogP contribution in [0.5, 0.6) is 0 Å². The fourth-order valence-electron chi connectivity index (χ4n) is 4.43. The maximum absolute atomic E-state index is 13.3. The maximum Gasteiger partial charge on any atom is 0.475 e. The van der Waals surface area contributed by atoms with Crippen LogP contribution < -0.4 is 16.0 Å². The molecule has 2 aromatic carbocycles. The second kappa shape index (κ2) is 13.8. The number of aryl methyl sites for hydroxylation is 1. The number of amides is 3. The highest BCUT2D eigenvalue weighted by atomic mass is 16.4. The van der Waals surface area contributed by atoms with Gasteiger partial charge >= 0.3 is 7.12 Å². The molecule has 0 unspecified atom stereocenters. The summed E-state index contributed by atoms with van der Waals surface area (Å²) in [5.74, 6) is -1.76. The summed E-state index contributed by atoms with van der Waals surface area (Å²) >= 11 is 0. The second-order valence-corrected chi connectivity index (χ2v) is 9.59. The molecular formula is C27H36BN3O5. The number of hydrogen-bond acceptors (Lipinski definition) is 5. The van der Waals surface area contributed by atoms with E-state index in [1.54, 1.807) is 0 Å². The van der Waals surface area contributed by atoms with Crippen molar-refractivity contribution in [2.75, 3.05) is 0 Å². The molecule has 3 rings (SSSR count). The number of carbonyl (C=O) groups is 3. The van der Waals surface area contributed by atoms with Crippen molar-refractivity contribution >= 4 is 24.8 Å². The summed E-state index contributed by atoms with van der Waals surface area (Å²) in [4.78, 5) is 38.3. The Morgan fingerprint density at radius 2 is 1.44 bits per heavy atom. The fourth-order valence-corrected chi connectivity index (χ4v) is 4.43. The van der Waals surface area contributed by atoms with Crippen molar-refractivity contribution in [3.05, 3.63) is 71.8 Å². The molecule has 36 heavy (non-hydrogen) atoms. The summed E-state index contributed by atoms with van der Waals surface area (Å²) in [6.07, 6.45) is 4.76. The predicted octanol–water partition coefficient (Wildman–Crippen LogP) is 1.54. The fraction of sp³-hybridized carbons (Fsp3) is 0.444. The van der Waals surface area contributed by atoms with Crippen LogP contribution in [0.1, 0.15) is 50.2 Å². The highest BCUT2D eigenvalue weighted by molar-refractivity contribution is 6.43. The summed E-state index contributed by atoms with van der Waals surface area (Å²) < 4.78 is 0. The lowest BCUT2D eigenvalue weighted by Gasteiger charge is -2.31. The zero-order valence-corrected chi connectivity index (χ0v) is 20.7. The average molecular weight is 493 g/mol. The van der Waals surface area contributed by atoms with Gasteiger partial charge in [0.1, 0.15) is 12.1 Å². The largest absolute Gasteiger partial charge is 0.475 e. The first-order chi connectivity index (χ1) is 17.3.